The highest BCUT2D eigenvalue weighted by molar-refractivity contribution is 5.84. The van der Waals surface area contributed by atoms with E-state index < -0.39 is 11.9 Å². The van der Waals surface area contributed by atoms with Crippen LogP contribution >= 0.6 is 0 Å². The van der Waals surface area contributed by atoms with Crippen LogP contribution < -0.4 is 21.6 Å². The molecule has 5 N–H and O–H groups in total. The Labute approximate surface area is 129 Å². The Morgan fingerprint density at radius 1 is 1.48 bits per heavy atom. The maximum Gasteiger partial charge on any atom is 0.257 e. The number of hydrogen-bond donors (Lipinski definition) is 5. The number of nitrogens with one attached hydrogen (secondary N) is 4. The maximum atomic E-state index is 10.7. The second-order valence-corrected chi connectivity index (χ2v) is 5.39. The van der Waals surface area contributed by atoms with E-state index in [0.717, 1.165) is 5.82 Å². The molecule has 2 bridgehead atoms. The van der Waals surface area contributed by atoms with Crippen molar-refractivity contribution >= 4 is 11.8 Å². The van der Waals surface area contributed by atoms with Gasteiger partial charge in [0.2, 0.25) is 5.91 Å². The van der Waals surface area contributed by atoms with Crippen LogP contribution in [0.4, 0.5) is 0 Å². The molecule has 0 spiro atoms. The number of hydrazine groups is 1. The van der Waals surface area contributed by atoms with Crippen LogP contribution in [0.2, 0.25) is 0 Å². The molecule has 0 unspecified atom stereocenters. The standard InChI is InChI=1S/C8H14N2.C5H11N3O3.3H2/c1-6-3-4-8-5-10(6)7(2)9-8;1-3(8-11)5(10)7-6-4(2)9;;;/h6,8-9H,2-5H2,1H3;3,8,11H,1-2H3,(H,6,9)(H,7,10);3*1H/t6-,8-;3-;;;/m10.../s1. The molecule has 3 atom stereocenters. The number of piperidine rings is 1. The van der Waals surface area contributed by atoms with Crippen LogP contribution in [-0.2, 0) is 9.59 Å². The van der Waals surface area contributed by atoms with Crippen molar-refractivity contribution in [2.24, 2.45) is 0 Å². The Bertz CT molecular complexity index is 414. The fourth-order valence-electron chi connectivity index (χ4n) is 2.24. The summed E-state index contributed by atoms with van der Waals surface area (Å²) in [5.41, 5.74) is 5.87. The first-order valence-electron chi connectivity index (χ1n) is 7.03. The zero-order chi connectivity index (χ0) is 16.0. The molecule has 0 aliphatic carbocycles. The molecule has 2 rings (SSSR count). The zero-order valence-corrected chi connectivity index (χ0v) is 12.8. The number of rotatable bonds is 2. The van der Waals surface area contributed by atoms with E-state index in [-0.39, 0.29) is 10.2 Å². The average molecular weight is 305 g/mol. The molecule has 2 heterocycles. The van der Waals surface area contributed by atoms with Gasteiger partial charge in [-0.2, -0.15) is 5.48 Å². The highest BCUT2D eigenvalue weighted by Gasteiger charge is 2.32. The Morgan fingerprint density at radius 3 is 2.67 bits per heavy atom. The third-order valence-electron chi connectivity index (χ3n) is 3.55. The van der Waals surface area contributed by atoms with Gasteiger partial charge >= 0.3 is 0 Å². The summed E-state index contributed by atoms with van der Waals surface area (Å²) in [5, 5.41) is 11.6. The van der Waals surface area contributed by atoms with Gasteiger partial charge in [0.05, 0.1) is 5.82 Å². The minimum absolute atomic E-state index is 0. The van der Waals surface area contributed by atoms with Crippen molar-refractivity contribution in [3.05, 3.63) is 12.4 Å². The second-order valence-electron chi connectivity index (χ2n) is 5.39. The Morgan fingerprint density at radius 2 is 2.14 bits per heavy atom. The molecule has 2 fully saturated rings. The lowest BCUT2D eigenvalue weighted by molar-refractivity contribution is -0.130. The molecular weight excluding hydrogens is 274 g/mol. The van der Waals surface area contributed by atoms with Crippen LogP contribution in [-0.4, -0.2) is 46.6 Å². The molecule has 8 nitrogen and oxygen atoms in total. The predicted octanol–water partition coefficient (Wildman–Crippen LogP) is 0.173. The van der Waals surface area contributed by atoms with E-state index in [1.165, 1.54) is 33.2 Å². The van der Waals surface area contributed by atoms with Crippen LogP contribution in [0, 0.1) is 0 Å². The second kappa shape index (κ2) is 7.84. The highest BCUT2D eigenvalue weighted by atomic mass is 16.5. The third-order valence-corrected chi connectivity index (χ3v) is 3.55. The molecule has 21 heavy (non-hydrogen) atoms. The zero-order valence-electron chi connectivity index (χ0n) is 12.8. The van der Waals surface area contributed by atoms with Gasteiger partial charge in [0.25, 0.3) is 5.91 Å². The van der Waals surface area contributed by atoms with E-state index in [2.05, 4.69) is 34.6 Å². The van der Waals surface area contributed by atoms with E-state index in [1.807, 2.05) is 0 Å². The largest absolute Gasteiger partial charge is 0.368 e. The fourth-order valence-corrected chi connectivity index (χ4v) is 2.24. The first-order chi connectivity index (χ1) is 9.85. The van der Waals surface area contributed by atoms with Crippen LogP contribution in [0.5, 0.6) is 0 Å². The topological polar surface area (TPSA) is 106 Å². The van der Waals surface area contributed by atoms with Crippen LogP contribution in [0.3, 0.4) is 0 Å². The Balaban J connectivity index is -0.000000327. The molecule has 2 aliphatic rings. The minimum atomic E-state index is -0.748. The number of carbonyl (C=O) groups excluding carboxylic acids is 2. The lowest BCUT2D eigenvalue weighted by atomic mass is 10.0. The van der Waals surface area contributed by atoms with Crippen molar-refractivity contribution in [1.29, 1.82) is 0 Å². The van der Waals surface area contributed by atoms with Crippen LogP contribution in [0.1, 0.15) is 37.9 Å². The lowest BCUT2D eigenvalue weighted by Gasteiger charge is -2.29. The van der Waals surface area contributed by atoms with Crippen LogP contribution in [0.15, 0.2) is 12.4 Å². The average Bonchev–Trinajstić information content (AvgIpc) is 2.77. The van der Waals surface area contributed by atoms with Gasteiger partial charge in [-0.1, -0.05) is 6.58 Å². The van der Waals surface area contributed by atoms with Gasteiger partial charge in [-0.25, -0.2) is 0 Å². The molecule has 0 aromatic carbocycles. The minimum Gasteiger partial charge on any atom is -0.368 e. The Hall–Kier alpha value is -1.80. The molecule has 0 aromatic heterocycles. The van der Waals surface area contributed by atoms with E-state index >= 15 is 0 Å². The van der Waals surface area contributed by atoms with Crippen molar-refractivity contribution in [3.8, 4) is 0 Å². The van der Waals surface area contributed by atoms with Crippen molar-refractivity contribution in [2.75, 3.05) is 6.54 Å². The SMILES string of the molecule is C=C1N[C@@H]2CC[C@@H](C)N1C2.CC(=O)NNC(=O)[C@H](C)NO.[HH].[HH].[HH]. The van der Waals surface area contributed by atoms with E-state index in [1.54, 1.807) is 5.48 Å². The molecule has 0 radical (unpaired) electrons. The molecule has 2 aliphatic heterocycles. The smallest absolute Gasteiger partial charge is 0.257 e. The molecule has 0 aromatic rings. The number of carbonyl (C=O) groups is 2. The summed E-state index contributed by atoms with van der Waals surface area (Å²) in [6.07, 6.45) is 2.63. The summed E-state index contributed by atoms with van der Waals surface area (Å²) in [5.74, 6) is 0.251. The number of hydroxylamine groups is 1. The molecule has 2 amide bonds. The van der Waals surface area contributed by atoms with E-state index in [9.17, 15) is 9.59 Å². The summed E-state index contributed by atoms with van der Waals surface area (Å²) in [6, 6.07) is 0.657. The summed E-state index contributed by atoms with van der Waals surface area (Å²) in [7, 11) is 0. The summed E-state index contributed by atoms with van der Waals surface area (Å²) in [4.78, 5) is 23.3. The summed E-state index contributed by atoms with van der Waals surface area (Å²) >= 11 is 0. The van der Waals surface area contributed by atoms with Gasteiger partial charge in [-0.3, -0.25) is 20.4 Å². The molecule has 126 valence electrons. The third kappa shape index (κ3) is 5.24. The lowest BCUT2D eigenvalue weighted by Crippen LogP contribution is -2.48. The quantitative estimate of drug-likeness (QED) is 0.466. The number of nitrogens with zero attached hydrogens (tertiary/aromatic N) is 1. The first kappa shape index (κ1) is 17.3. The normalized spacial score (nSPS) is 24.4. The van der Waals surface area contributed by atoms with E-state index in [0.29, 0.717) is 12.1 Å². The molecular formula is C13H31N5O3. The van der Waals surface area contributed by atoms with Crippen molar-refractivity contribution in [3.63, 3.8) is 0 Å². The molecule has 8 heteroatoms. The predicted molar refractivity (Wildman–Crippen MR) is 84.2 cm³/mol. The summed E-state index contributed by atoms with van der Waals surface area (Å²) < 4.78 is 0. The summed E-state index contributed by atoms with van der Waals surface area (Å²) in [6.45, 7) is 10.1. The van der Waals surface area contributed by atoms with Crippen molar-refractivity contribution in [1.82, 2.24) is 26.5 Å². The van der Waals surface area contributed by atoms with Gasteiger partial charge in [0.15, 0.2) is 0 Å². The van der Waals surface area contributed by atoms with Gasteiger partial charge in [0.1, 0.15) is 6.04 Å². The first-order valence-corrected chi connectivity index (χ1v) is 7.03. The molecule has 2 saturated heterocycles. The fraction of sp³-hybridized carbons (Fsp3) is 0.692. The van der Waals surface area contributed by atoms with Gasteiger partial charge in [-0.05, 0) is 26.7 Å². The maximum absolute atomic E-state index is 10.7. The van der Waals surface area contributed by atoms with E-state index in [4.69, 9.17) is 5.21 Å². The Kier molecular flexibility index (Phi) is 6.44. The number of fused-ring (bicyclic) bond motifs is 2. The highest BCUT2D eigenvalue weighted by Crippen LogP contribution is 2.25. The van der Waals surface area contributed by atoms with Crippen molar-refractivity contribution in [2.45, 2.75) is 51.7 Å². The number of hydrogen-bond acceptors (Lipinski definition) is 6. The molecule has 0 saturated carbocycles. The van der Waals surface area contributed by atoms with Gasteiger partial charge in [0, 0.05) is 29.8 Å². The van der Waals surface area contributed by atoms with Crippen LogP contribution in [0.25, 0.3) is 0 Å². The monoisotopic (exact) mass is 305 g/mol. The van der Waals surface area contributed by atoms with Crippen molar-refractivity contribution < 1.29 is 19.1 Å². The van der Waals surface area contributed by atoms with Gasteiger partial charge < -0.3 is 15.4 Å². The van der Waals surface area contributed by atoms with Gasteiger partial charge in [-0.15, -0.1) is 0 Å². The number of amides is 2.